The zero-order valence-electron chi connectivity index (χ0n) is 21.3. The molecular weight excluding hydrogens is 480 g/mol. The van der Waals surface area contributed by atoms with Gasteiger partial charge in [-0.1, -0.05) is 24.3 Å². The minimum Gasteiger partial charge on any atom is -0.493 e. The Kier molecular flexibility index (Phi) is 8.14. The summed E-state index contributed by atoms with van der Waals surface area (Å²) in [5, 5.41) is 9.98. The summed E-state index contributed by atoms with van der Waals surface area (Å²) in [6.45, 7) is 5.81. The van der Waals surface area contributed by atoms with E-state index >= 15 is 0 Å². The Morgan fingerprint density at radius 2 is 1.81 bits per heavy atom. The van der Waals surface area contributed by atoms with Crippen molar-refractivity contribution in [3.63, 3.8) is 0 Å². The Balaban J connectivity index is 1.42. The highest BCUT2D eigenvalue weighted by molar-refractivity contribution is 6.03. The molecule has 2 aromatic carbocycles. The SMILES string of the molecule is CC(C)(F)CN1CCC(COc2ccc(-c3cccc(F)c3C(=O)N3CC(O)CC3C(N)=O)cc2)CC1. The van der Waals surface area contributed by atoms with E-state index < -0.39 is 35.4 Å². The molecule has 2 atom stereocenters. The summed E-state index contributed by atoms with van der Waals surface area (Å²) >= 11 is 0. The van der Waals surface area contributed by atoms with Gasteiger partial charge in [-0.3, -0.25) is 9.59 Å². The van der Waals surface area contributed by atoms with Crippen molar-refractivity contribution in [3.8, 4) is 16.9 Å². The van der Waals surface area contributed by atoms with Crippen molar-refractivity contribution in [1.29, 1.82) is 0 Å². The molecule has 37 heavy (non-hydrogen) atoms. The normalized spacial score (nSPS) is 21.3. The van der Waals surface area contributed by atoms with Crippen molar-refractivity contribution in [2.45, 2.75) is 50.9 Å². The van der Waals surface area contributed by atoms with Gasteiger partial charge in [0.1, 0.15) is 23.3 Å². The number of nitrogens with two attached hydrogens (primary N) is 1. The number of ether oxygens (including phenoxy) is 1. The van der Waals surface area contributed by atoms with Gasteiger partial charge in [-0.15, -0.1) is 0 Å². The summed E-state index contributed by atoms with van der Waals surface area (Å²) in [7, 11) is 0. The first kappa shape index (κ1) is 27.0. The Morgan fingerprint density at radius 1 is 1.14 bits per heavy atom. The first-order valence-electron chi connectivity index (χ1n) is 12.7. The third kappa shape index (κ3) is 6.64. The van der Waals surface area contributed by atoms with E-state index in [1.54, 1.807) is 44.2 Å². The Labute approximate surface area is 216 Å². The number of likely N-dealkylation sites (tertiary alicyclic amines) is 2. The topological polar surface area (TPSA) is 96.1 Å². The summed E-state index contributed by atoms with van der Waals surface area (Å²) < 4.78 is 34.8. The zero-order chi connectivity index (χ0) is 26.7. The first-order chi connectivity index (χ1) is 17.5. The molecule has 0 saturated carbocycles. The molecule has 2 heterocycles. The second kappa shape index (κ2) is 11.1. The van der Waals surface area contributed by atoms with Crippen molar-refractivity contribution < 1.29 is 28.2 Å². The lowest BCUT2D eigenvalue weighted by molar-refractivity contribution is -0.121. The Morgan fingerprint density at radius 3 is 2.43 bits per heavy atom. The number of carbonyl (C=O) groups excluding carboxylic acids is 2. The molecule has 2 amide bonds. The lowest BCUT2D eigenvalue weighted by Gasteiger charge is -2.34. The highest BCUT2D eigenvalue weighted by atomic mass is 19.1. The number of aliphatic hydroxyl groups is 1. The van der Waals surface area contributed by atoms with Gasteiger partial charge in [0, 0.05) is 19.5 Å². The lowest BCUT2D eigenvalue weighted by Crippen LogP contribution is -2.44. The number of β-amino-alcohol motifs (C(OH)–C–C–N with tert-alkyl or cyclic N) is 1. The van der Waals surface area contributed by atoms with Crippen molar-refractivity contribution in [1.82, 2.24) is 9.80 Å². The summed E-state index contributed by atoms with van der Waals surface area (Å²) in [5.74, 6) is -1.08. The minimum absolute atomic E-state index is 0.0315. The van der Waals surface area contributed by atoms with Crippen LogP contribution in [0.1, 0.15) is 43.5 Å². The fourth-order valence-electron chi connectivity index (χ4n) is 5.22. The molecule has 0 spiro atoms. The zero-order valence-corrected chi connectivity index (χ0v) is 21.3. The summed E-state index contributed by atoms with van der Waals surface area (Å²) in [6.07, 6.45) is 1.03. The Bertz CT molecular complexity index is 1110. The number of halogens is 2. The van der Waals surface area contributed by atoms with Crippen LogP contribution in [0.4, 0.5) is 8.78 Å². The molecule has 2 saturated heterocycles. The molecular formula is C28H35F2N3O4. The summed E-state index contributed by atoms with van der Waals surface area (Å²) in [4.78, 5) is 28.4. The van der Waals surface area contributed by atoms with Crippen LogP contribution < -0.4 is 10.5 Å². The van der Waals surface area contributed by atoms with Crippen LogP contribution in [-0.2, 0) is 4.79 Å². The number of rotatable bonds is 8. The highest BCUT2D eigenvalue weighted by Gasteiger charge is 2.39. The maximum atomic E-state index is 14.9. The van der Waals surface area contributed by atoms with Crippen molar-refractivity contribution in [2.75, 3.05) is 32.8 Å². The van der Waals surface area contributed by atoms with Crippen LogP contribution in [0.15, 0.2) is 42.5 Å². The predicted molar refractivity (Wildman–Crippen MR) is 136 cm³/mol. The van der Waals surface area contributed by atoms with Crippen molar-refractivity contribution in [3.05, 3.63) is 53.8 Å². The maximum Gasteiger partial charge on any atom is 0.258 e. The van der Waals surface area contributed by atoms with Gasteiger partial charge in [-0.05, 0) is 75.0 Å². The van der Waals surface area contributed by atoms with E-state index in [4.69, 9.17) is 10.5 Å². The largest absolute Gasteiger partial charge is 0.493 e. The number of hydrogen-bond donors (Lipinski definition) is 2. The van der Waals surface area contributed by atoms with Crippen LogP contribution in [-0.4, -0.2) is 77.3 Å². The number of alkyl halides is 1. The van der Waals surface area contributed by atoms with Gasteiger partial charge in [0.2, 0.25) is 5.91 Å². The molecule has 9 heteroatoms. The van der Waals surface area contributed by atoms with Gasteiger partial charge in [0.15, 0.2) is 0 Å². The van der Waals surface area contributed by atoms with Crippen molar-refractivity contribution >= 4 is 11.8 Å². The van der Waals surface area contributed by atoms with Crippen LogP contribution in [0, 0.1) is 11.7 Å². The molecule has 2 aromatic rings. The number of amides is 2. The van der Waals surface area contributed by atoms with Crippen LogP contribution in [0.5, 0.6) is 5.75 Å². The van der Waals surface area contributed by atoms with Crippen LogP contribution in [0.2, 0.25) is 0 Å². The molecule has 3 N–H and O–H groups in total. The van der Waals surface area contributed by atoms with Crippen LogP contribution in [0.3, 0.4) is 0 Å². The van der Waals surface area contributed by atoms with Gasteiger partial charge in [0.25, 0.3) is 5.91 Å². The first-order valence-corrected chi connectivity index (χ1v) is 12.7. The van der Waals surface area contributed by atoms with E-state index in [1.807, 2.05) is 0 Å². The second-order valence-corrected chi connectivity index (χ2v) is 10.7. The minimum atomic E-state index is -1.20. The number of carbonyl (C=O) groups is 2. The smallest absolute Gasteiger partial charge is 0.258 e. The monoisotopic (exact) mass is 515 g/mol. The molecule has 2 aliphatic rings. The molecule has 0 aromatic heterocycles. The van der Waals surface area contributed by atoms with E-state index in [2.05, 4.69) is 4.90 Å². The number of aliphatic hydroxyl groups excluding tert-OH is 1. The van der Waals surface area contributed by atoms with Gasteiger partial charge in [-0.2, -0.15) is 0 Å². The van der Waals surface area contributed by atoms with Crippen LogP contribution >= 0.6 is 0 Å². The molecule has 4 rings (SSSR count). The summed E-state index contributed by atoms with van der Waals surface area (Å²) in [5.41, 5.74) is 5.05. The van der Waals surface area contributed by atoms with E-state index in [0.29, 0.717) is 35.9 Å². The van der Waals surface area contributed by atoms with Gasteiger partial charge < -0.3 is 25.4 Å². The fraction of sp³-hybridized carbons (Fsp3) is 0.500. The van der Waals surface area contributed by atoms with Gasteiger partial charge in [0.05, 0.1) is 18.3 Å². The van der Waals surface area contributed by atoms with Crippen LogP contribution in [0.25, 0.3) is 11.1 Å². The molecule has 200 valence electrons. The standard InChI is InChI=1S/C28H35F2N3O4/c1-28(2,30)17-32-12-10-18(11-13-32)16-37-21-8-6-19(7-9-21)22-4-3-5-23(29)25(22)27(36)33-15-20(34)14-24(33)26(31)35/h3-9,18,20,24,34H,10-17H2,1-2H3,(H2,31,35). The van der Waals surface area contributed by atoms with Gasteiger partial charge >= 0.3 is 0 Å². The number of piperidine rings is 1. The molecule has 0 bridgehead atoms. The Hall–Kier alpha value is -3.04. The number of primary amides is 1. The third-order valence-electron chi connectivity index (χ3n) is 7.05. The average Bonchev–Trinajstić information content (AvgIpc) is 3.24. The van der Waals surface area contributed by atoms with Crippen molar-refractivity contribution in [2.24, 2.45) is 11.7 Å². The maximum absolute atomic E-state index is 14.9. The quantitative estimate of drug-likeness (QED) is 0.562. The third-order valence-corrected chi connectivity index (χ3v) is 7.05. The molecule has 0 aliphatic carbocycles. The number of nitrogens with zero attached hydrogens (tertiary/aromatic N) is 2. The highest BCUT2D eigenvalue weighted by Crippen LogP contribution is 2.31. The van der Waals surface area contributed by atoms with E-state index in [9.17, 15) is 23.5 Å². The molecule has 0 radical (unpaired) electrons. The predicted octanol–water partition coefficient (Wildman–Crippen LogP) is 3.39. The molecule has 7 nitrogen and oxygen atoms in total. The molecule has 2 unspecified atom stereocenters. The number of benzene rings is 2. The van der Waals surface area contributed by atoms with E-state index in [0.717, 1.165) is 30.8 Å². The van der Waals surface area contributed by atoms with E-state index in [-0.39, 0.29) is 18.5 Å². The second-order valence-electron chi connectivity index (χ2n) is 10.7. The summed E-state index contributed by atoms with van der Waals surface area (Å²) in [6, 6.07) is 10.5. The molecule has 2 fully saturated rings. The molecule has 2 aliphatic heterocycles. The lowest BCUT2D eigenvalue weighted by atomic mass is 9.96. The fourth-order valence-corrected chi connectivity index (χ4v) is 5.22. The average molecular weight is 516 g/mol. The van der Waals surface area contributed by atoms with Gasteiger partial charge in [-0.25, -0.2) is 8.78 Å². The number of hydrogen-bond acceptors (Lipinski definition) is 5. The van der Waals surface area contributed by atoms with E-state index in [1.165, 1.54) is 12.1 Å².